The molecule has 1 atom stereocenters. The van der Waals surface area contributed by atoms with Crippen LogP contribution in [0.15, 0.2) is 47.6 Å². The average molecular weight is 494 g/mol. The van der Waals surface area contributed by atoms with E-state index in [2.05, 4.69) is 53.1 Å². The van der Waals surface area contributed by atoms with E-state index in [1.54, 1.807) is 24.8 Å². The van der Waals surface area contributed by atoms with Crippen molar-refractivity contribution in [1.82, 2.24) is 34.6 Å². The largest absolute Gasteiger partial charge is 0.380 e. The summed E-state index contributed by atoms with van der Waals surface area (Å²) in [7, 11) is 1.73. The Kier molecular flexibility index (Phi) is 6.82. The van der Waals surface area contributed by atoms with Crippen LogP contribution in [-0.2, 0) is 9.53 Å². The smallest absolute Gasteiger partial charge is 0.247 e. The standard InChI is InChI=1S/C23H27N9O2S/c1-3-18(32-11-17(26-14-32)15-4-5-15)19(31-7-6-16(10-31)34-2)8-24-9-21(33)28-20-12-35-23(29-20)22-25-13-27-30-22/h3,8,11-16H,1,4-7,9-10H2,2H3,(H,28,33)(H,25,27,30)/b19-18-,24-8?. The highest BCUT2D eigenvalue weighted by atomic mass is 32.1. The van der Waals surface area contributed by atoms with Gasteiger partial charge in [0, 0.05) is 43.9 Å². The molecule has 1 saturated carbocycles. The molecule has 35 heavy (non-hydrogen) atoms. The van der Waals surface area contributed by atoms with Crippen LogP contribution in [0, 0.1) is 0 Å². The van der Waals surface area contributed by atoms with Crippen molar-refractivity contribution >= 4 is 35.0 Å². The molecule has 2 aliphatic rings. The molecule has 11 nitrogen and oxygen atoms in total. The molecule has 1 aliphatic carbocycles. The van der Waals surface area contributed by atoms with E-state index in [1.807, 2.05) is 10.9 Å². The van der Waals surface area contributed by atoms with E-state index >= 15 is 0 Å². The third kappa shape index (κ3) is 5.38. The maximum atomic E-state index is 12.5. The van der Waals surface area contributed by atoms with Gasteiger partial charge in [0.25, 0.3) is 0 Å². The topological polar surface area (TPSA) is 126 Å². The molecule has 1 amide bonds. The van der Waals surface area contributed by atoms with Gasteiger partial charge in [-0.25, -0.2) is 15.0 Å². The fourth-order valence-electron chi connectivity index (χ4n) is 4.00. The number of ether oxygens (including phenoxy) is 1. The molecule has 0 bridgehead atoms. The highest BCUT2D eigenvalue weighted by Gasteiger charge is 2.28. The summed E-state index contributed by atoms with van der Waals surface area (Å²) in [5.74, 6) is 1.32. The fourth-order valence-corrected chi connectivity index (χ4v) is 4.69. The number of rotatable bonds is 10. The summed E-state index contributed by atoms with van der Waals surface area (Å²) in [6, 6.07) is 0. The molecule has 12 heteroatoms. The van der Waals surface area contributed by atoms with Crippen LogP contribution in [0.3, 0.4) is 0 Å². The molecule has 1 aliphatic heterocycles. The number of aromatic nitrogens is 6. The van der Waals surface area contributed by atoms with Crippen molar-refractivity contribution in [2.75, 3.05) is 32.1 Å². The van der Waals surface area contributed by atoms with E-state index in [0.717, 1.165) is 36.6 Å². The summed E-state index contributed by atoms with van der Waals surface area (Å²) in [6.45, 7) is 5.57. The third-order valence-electron chi connectivity index (χ3n) is 5.99. The first-order chi connectivity index (χ1) is 17.1. The summed E-state index contributed by atoms with van der Waals surface area (Å²) in [5.41, 5.74) is 2.86. The fraction of sp³-hybridized carbons (Fsp3) is 0.391. The minimum Gasteiger partial charge on any atom is -0.380 e. The average Bonchev–Trinajstić information content (AvgIpc) is 3.36. The van der Waals surface area contributed by atoms with Crippen LogP contribution >= 0.6 is 11.3 Å². The number of anilines is 1. The van der Waals surface area contributed by atoms with Gasteiger partial charge in [0.15, 0.2) is 10.8 Å². The van der Waals surface area contributed by atoms with Crippen molar-refractivity contribution in [1.29, 1.82) is 0 Å². The molecular formula is C23H27N9O2S. The van der Waals surface area contributed by atoms with E-state index in [-0.39, 0.29) is 18.6 Å². The quantitative estimate of drug-likeness (QED) is 0.328. The zero-order chi connectivity index (χ0) is 24.2. The van der Waals surface area contributed by atoms with Crippen LogP contribution < -0.4 is 5.32 Å². The molecule has 3 aromatic heterocycles. The zero-order valence-electron chi connectivity index (χ0n) is 19.4. The van der Waals surface area contributed by atoms with Gasteiger partial charge in [0.1, 0.15) is 18.7 Å². The maximum Gasteiger partial charge on any atom is 0.247 e. The molecule has 0 spiro atoms. The van der Waals surface area contributed by atoms with Gasteiger partial charge in [0.05, 0.1) is 29.5 Å². The van der Waals surface area contributed by atoms with Crippen LogP contribution in [0.1, 0.15) is 30.9 Å². The third-order valence-corrected chi connectivity index (χ3v) is 6.84. The first kappa shape index (κ1) is 23.1. The summed E-state index contributed by atoms with van der Waals surface area (Å²) in [4.78, 5) is 32.2. The maximum absolute atomic E-state index is 12.5. The van der Waals surface area contributed by atoms with Crippen molar-refractivity contribution < 1.29 is 9.53 Å². The Balaban J connectivity index is 1.31. The molecule has 2 fully saturated rings. The number of nitrogens with one attached hydrogen (secondary N) is 2. The second-order valence-electron chi connectivity index (χ2n) is 8.44. The molecule has 0 radical (unpaired) electrons. The SMILES string of the molecule is C=C/C(=C(\C=NCC(=O)Nc1csc(-c2ncn[nH]2)n1)N1CCC(OC)C1)n1cnc(C2CC2)c1. The second-order valence-corrected chi connectivity index (χ2v) is 9.30. The van der Waals surface area contributed by atoms with Gasteiger partial charge in [-0.05, 0) is 25.3 Å². The lowest BCUT2D eigenvalue weighted by Gasteiger charge is -2.22. The number of carbonyl (C=O) groups excluding carboxylic acids is 1. The Morgan fingerprint density at radius 1 is 1.37 bits per heavy atom. The predicted molar refractivity (Wildman–Crippen MR) is 134 cm³/mol. The molecule has 182 valence electrons. The van der Waals surface area contributed by atoms with Gasteiger partial charge in [-0.15, -0.1) is 11.3 Å². The predicted octanol–water partition coefficient (Wildman–Crippen LogP) is 2.79. The summed E-state index contributed by atoms with van der Waals surface area (Å²) in [6.07, 6.45) is 12.3. The Bertz CT molecular complexity index is 1240. The molecule has 4 heterocycles. The molecular weight excluding hydrogens is 466 g/mol. The Morgan fingerprint density at radius 3 is 2.97 bits per heavy atom. The van der Waals surface area contributed by atoms with Crippen molar-refractivity contribution in [3.05, 3.63) is 48.3 Å². The first-order valence-corrected chi connectivity index (χ1v) is 12.3. The number of allylic oxidation sites excluding steroid dienone is 3. The summed E-state index contributed by atoms with van der Waals surface area (Å²) >= 11 is 1.37. The van der Waals surface area contributed by atoms with E-state index in [1.165, 1.54) is 30.5 Å². The second kappa shape index (κ2) is 10.3. The van der Waals surface area contributed by atoms with E-state index in [0.29, 0.717) is 22.6 Å². The number of hydrogen-bond donors (Lipinski definition) is 2. The van der Waals surface area contributed by atoms with E-state index in [9.17, 15) is 4.79 Å². The number of thiazole rings is 1. The Hall–Kier alpha value is -3.64. The molecule has 1 saturated heterocycles. The van der Waals surface area contributed by atoms with Crippen LogP contribution in [-0.4, -0.2) is 79.6 Å². The van der Waals surface area contributed by atoms with Crippen molar-refractivity contribution in [3.8, 4) is 10.8 Å². The van der Waals surface area contributed by atoms with Crippen molar-refractivity contribution in [2.24, 2.45) is 4.99 Å². The number of aromatic amines is 1. The highest BCUT2D eigenvalue weighted by molar-refractivity contribution is 7.13. The Morgan fingerprint density at radius 2 is 2.26 bits per heavy atom. The van der Waals surface area contributed by atoms with Gasteiger partial charge < -0.3 is 19.5 Å². The van der Waals surface area contributed by atoms with E-state index in [4.69, 9.17) is 4.74 Å². The van der Waals surface area contributed by atoms with E-state index < -0.39 is 0 Å². The molecule has 5 rings (SSSR count). The number of methoxy groups -OCH3 is 1. The number of hydrogen-bond acceptors (Lipinski definition) is 9. The molecule has 2 N–H and O–H groups in total. The lowest BCUT2D eigenvalue weighted by molar-refractivity contribution is -0.114. The van der Waals surface area contributed by atoms with Crippen LogP contribution in [0.25, 0.3) is 16.5 Å². The number of H-pyrrole nitrogens is 1. The van der Waals surface area contributed by atoms with Gasteiger partial charge in [0.2, 0.25) is 5.91 Å². The Labute approximate surface area is 206 Å². The van der Waals surface area contributed by atoms with Gasteiger partial charge in [-0.2, -0.15) is 5.10 Å². The number of imidazole rings is 1. The summed E-state index contributed by atoms with van der Waals surface area (Å²) in [5, 5.41) is 11.8. The monoisotopic (exact) mass is 493 g/mol. The van der Waals surface area contributed by atoms with Gasteiger partial charge in [-0.3, -0.25) is 14.9 Å². The van der Waals surface area contributed by atoms with Crippen LogP contribution in [0.4, 0.5) is 5.82 Å². The molecule has 1 unspecified atom stereocenters. The van der Waals surface area contributed by atoms with Gasteiger partial charge >= 0.3 is 0 Å². The first-order valence-electron chi connectivity index (χ1n) is 11.4. The number of nitrogens with zero attached hydrogens (tertiary/aromatic N) is 7. The molecule has 0 aromatic carbocycles. The van der Waals surface area contributed by atoms with Crippen molar-refractivity contribution in [3.63, 3.8) is 0 Å². The number of aliphatic imine (C=N–C) groups is 1. The molecule has 3 aromatic rings. The minimum absolute atomic E-state index is 0.0398. The number of amides is 1. The number of likely N-dealkylation sites (tertiary alicyclic amines) is 1. The van der Waals surface area contributed by atoms with Crippen LogP contribution in [0.5, 0.6) is 0 Å². The minimum atomic E-state index is -0.259. The number of carbonyl (C=O) groups is 1. The zero-order valence-corrected chi connectivity index (χ0v) is 20.2. The van der Waals surface area contributed by atoms with Crippen molar-refractivity contribution in [2.45, 2.75) is 31.3 Å². The summed E-state index contributed by atoms with van der Waals surface area (Å²) < 4.78 is 7.55. The lowest BCUT2D eigenvalue weighted by atomic mass is 10.2. The highest BCUT2D eigenvalue weighted by Crippen LogP contribution is 2.39. The van der Waals surface area contributed by atoms with Gasteiger partial charge in [-0.1, -0.05) is 6.58 Å². The normalized spacial score (nSPS) is 18.8. The van der Waals surface area contributed by atoms with Crippen LogP contribution in [0.2, 0.25) is 0 Å². The lowest BCUT2D eigenvalue weighted by Crippen LogP contribution is -2.25.